The van der Waals surface area contributed by atoms with E-state index in [0.29, 0.717) is 5.92 Å². The zero-order chi connectivity index (χ0) is 10.6. The van der Waals surface area contributed by atoms with Gasteiger partial charge in [-0.25, -0.2) is 0 Å². The topological polar surface area (TPSA) is 58.3 Å². The molecule has 1 rings (SSSR count). The number of nitrogens with one attached hydrogen (secondary N) is 1. The Morgan fingerprint density at radius 1 is 1.50 bits per heavy atom. The van der Waals surface area contributed by atoms with E-state index in [9.17, 15) is 5.11 Å². The van der Waals surface area contributed by atoms with Crippen LogP contribution in [0.5, 0.6) is 0 Å². The van der Waals surface area contributed by atoms with Crippen LogP contribution in [-0.2, 0) is 0 Å². The van der Waals surface area contributed by atoms with Gasteiger partial charge in [0, 0.05) is 5.54 Å². The van der Waals surface area contributed by atoms with E-state index in [1.165, 1.54) is 0 Å². The van der Waals surface area contributed by atoms with E-state index in [1.807, 2.05) is 7.05 Å². The SMILES string of the molecule is CNCC[C@](C)(N)C[C@@H]1CC[C@H](O)C1. The summed E-state index contributed by atoms with van der Waals surface area (Å²) in [7, 11) is 1.95. The summed E-state index contributed by atoms with van der Waals surface area (Å²) >= 11 is 0. The molecule has 0 radical (unpaired) electrons. The fourth-order valence-electron chi connectivity index (χ4n) is 2.41. The summed E-state index contributed by atoms with van der Waals surface area (Å²) in [6.45, 7) is 3.09. The van der Waals surface area contributed by atoms with Gasteiger partial charge in [0.15, 0.2) is 0 Å². The Balaban J connectivity index is 2.27. The summed E-state index contributed by atoms with van der Waals surface area (Å²) in [4.78, 5) is 0. The number of aliphatic hydroxyl groups is 1. The average molecular weight is 200 g/mol. The summed E-state index contributed by atoms with van der Waals surface area (Å²) in [5, 5.41) is 12.5. The Morgan fingerprint density at radius 2 is 2.21 bits per heavy atom. The minimum atomic E-state index is -0.0717. The summed E-state index contributed by atoms with van der Waals surface area (Å²) < 4.78 is 0. The largest absolute Gasteiger partial charge is 0.393 e. The Kier molecular flexibility index (Phi) is 4.35. The first kappa shape index (κ1) is 12.0. The van der Waals surface area contributed by atoms with E-state index in [-0.39, 0.29) is 11.6 Å². The first-order valence-electron chi connectivity index (χ1n) is 5.65. The van der Waals surface area contributed by atoms with Gasteiger partial charge in [0.1, 0.15) is 0 Å². The summed E-state index contributed by atoms with van der Waals surface area (Å²) in [5.74, 6) is 0.636. The van der Waals surface area contributed by atoms with Crippen LogP contribution in [0.4, 0.5) is 0 Å². The maximum atomic E-state index is 9.42. The van der Waals surface area contributed by atoms with Gasteiger partial charge >= 0.3 is 0 Å². The number of hydrogen-bond donors (Lipinski definition) is 3. The van der Waals surface area contributed by atoms with Crippen molar-refractivity contribution in [3.8, 4) is 0 Å². The van der Waals surface area contributed by atoms with Crippen molar-refractivity contribution in [2.45, 2.75) is 50.7 Å². The van der Waals surface area contributed by atoms with Gasteiger partial charge in [0.05, 0.1) is 6.10 Å². The Hall–Kier alpha value is -0.120. The van der Waals surface area contributed by atoms with Crippen LogP contribution < -0.4 is 11.1 Å². The van der Waals surface area contributed by atoms with E-state index >= 15 is 0 Å². The first-order chi connectivity index (χ1) is 6.53. The fourth-order valence-corrected chi connectivity index (χ4v) is 2.41. The molecule has 14 heavy (non-hydrogen) atoms. The second-order valence-electron chi connectivity index (χ2n) is 5.04. The molecule has 0 heterocycles. The molecule has 1 aliphatic rings. The fraction of sp³-hybridized carbons (Fsp3) is 1.00. The molecule has 3 heteroatoms. The van der Waals surface area contributed by atoms with E-state index in [4.69, 9.17) is 5.73 Å². The molecule has 3 nitrogen and oxygen atoms in total. The molecule has 0 aliphatic heterocycles. The number of hydrogen-bond acceptors (Lipinski definition) is 3. The normalized spacial score (nSPS) is 31.7. The molecule has 3 atom stereocenters. The number of aliphatic hydroxyl groups excluding tert-OH is 1. The second kappa shape index (κ2) is 5.10. The molecule has 84 valence electrons. The molecule has 0 saturated heterocycles. The van der Waals surface area contributed by atoms with E-state index in [0.717, 1.165) is 38.6 Å². The molecule has 0 bridgehead atoms. The van der Waals surface area contributed by atoms with Crippen LogP contribution in [0.1, 0.15) is 39.0 Å². The lowest BCUT2D eigenvalue weighted by Gasteiger charge is -2.27. The van der Waals surface area contributed by atoms with Crippen molar-refractivity contribution in [3.63, 3.8) is 0 Å². The zero-order valence-electron chi connectivity index (χ0n) is 9.42. The Morgan fingerprint density at radius 3 is 2.71 bits per heavy atom. The highest BCUT2D eigenvalue weighted by Crippen LogP contribution is 2.32. The van der Waals surface area contributed by atoms with Crippen LogP contribution in [0.15, 0.2) is 0 Å². The predicted molar refractivity (Wildman–Crippen MR) is 59.1 cm³/mol. The molecule has 0 aromatic heterocycles. The van der Waals surface area contributed by atoms with Crippen molar-refractivity contribution in [1.29, 1.82) is 0 Å². The van der Waals surface area contributed by atoms with Crippen LogP contribution in [0.3, 0.4) is 0 Å². The molecular formula is C11H24N2O. The zero-order valence-corrected chi connectivity index (χ0v) is 9.42. The lowest BCUT2D eigenvalue weighted by molar-refractivity contribution is 0.173. The third-order valence-corrected chi connectivity index (χ3v) is 3.21. The highest BCUT2D eigenvalue weighted by Gasteiger charge is 2.29. The first-order valence-corrected chi connectivity index (χ1v) is 5.65. The molecule has 0 unspecified atom stereocenters. The van der Waals surface area contributed by atoms with Gasteiger partial charge in [0.2, 0.25) is 0 Å². The highest BCUT2D eigenvalue weighted by atomic mass is 16.3. The van der Waals surface area contributed by atoms with Gasteiger partial charge < -0.3 is 16.2 Å². The molecule has 0 aromatic rings. The Bertz CT molecular complexity index is 171. The van der Waals surface area contributed by atoms with Crippen molar-refractivity contribution in [2.24, 2.45) is 11.7 Å². The molecular weight excluding hydrogens is 176 g/mol. The minimum Gasteiger partial charge on any atom is -0.393 e. The molecule has 0 spiro atoms. The third-order valence-electron chi connectivity index (χ3n) is 3.21. The third kappa shape index (κ3) is 3.95. The van der Waals surface area contributed by atoms with Gasteiger partial charge in [-0.1, -0.05) is 0 Å². The van der Waals surface area contributed by atoms with Crippen molar-refractivity contribution >= 4 is 0 Å². The maximum absolute atomic E-state index is 9.42. The van der Waals surface area contributed by atoms with Gasteiger partial charge in [0.25, 0.3) is 0 Å². The van der Waals surface area contributed by atoms with Gasteiger partial charge in [-0.05, 0) is 58.5 Å². The predicted octanol–water partition coefficient (Wildman–Crippen LogP) is 0.864. The van der Waals surface area contributed by atoms with Crippen LogP contribution in [0, 0.1) is 5.92 Å². The lowest BCUT2D eigenvalue weighted by atomic mass is 9.86. The maximum Gasteiger partial charge on any atom is 0.0543 e. The van der Waals surface area contributed by atoms with E-state index in [1.54, 1.807) is 0 Å². The van der Waals surface area contributed by atoms with Crippen LogP contribution in [-0.4, -0.2) is 30.3 Å². The van der Waals surface area contributed by atoms with Gasteiger partial charge in [-0.2, -0.15) is 0 Å². The number of nitrogens with two attached hydrogens (primary N) is 1. The molecule has 0 aromatic carbocycles. The Labute approximate surface area is 87.1 Å². The second-order valence-corrected chi connectivity index (χ2v) is 5.04. The molecule has 1 aliphatic carbocycles. The lowest BCUT2D eigenvalue weighted by Crippen LogP contribution is -2.40. The van der Waals surface area contributed by atoms with Crippen molar-refractivity contribution in [1.82, 2.24) is 5.32 Å². The summed E-state index contributed by atoms with van der Waals surface area (Å²) in [6, 6.07) is 0. The van der Waals surface area contributed by atoms with Crippen molar-refractivity contribution < 1.29 is 5.11 Å². The average Bonchev–Trinajstić information content (AvgIpc) is 2.47. The smallest absolute Gasteiger partial charge is 0.0543 e. The standard InChI is InChI=1S/C11H24N2O/c1-11(12,5-6-13-2)8-9-3-4-10(14)7-9/h9-10,13-14H,3-8,12H2,1-2H3/t9-,10+,11+/m1/s1. The molecule has 0 amide bonds. The minimum absolute atomic E-state index is 0.0694. The van der Waals surface area contributed by atoms with Gasteiger partial charge in [-0.15, -0.1) is 0 Å². The molecule has 4 N–H and O–H groups in total. The highest BCUT2D eigenvalue weighted by molar-refractivity contribution is 4.86. The summed E-state index contributed by atoms with van der Waals surface area (Å²) in [5.41, 5.74) is 6.13. The van der Waals surface area contributed by atoms with Crippen molar-refractivity contribution in [2.75, 3.05) is 13.6 Å². The van der Waals surface area contributed by atoms with Crippen LogP contribution >= 0.6 is 0 Å². The molecule has 1 saturated carbocycles. The summed E-state index contributed by atoms with van der Waals surface area (Å²) in [6.07, 6.45) is 5.05. The van der Waals surface area contributed by atoms with E-state index in [2.05, 4.69) is 12.2 Å². The van der Waals surface area contributed by atoms with Gasteiger partial charge in [-0.3, -0.25) is 0 Å². The quantitative estimate of drug-likeness (QED) is 0.617. The molecule has 1 fully saturated rings. The van der Waals surface area contributed by atoms with Crippen LogP contribution in [0.25, 0.3) is 0 Å². The monoisotopic (exact) mass is 200 g/mol. The van der Waals surface area contributed by atoms with Crippen LogP contribution in [0.2, 0.25) is 0 Å². The van der Waals surface area contributed by atoms with E-state index < -0.39 is 0 Å². The van der Waals surface area contributed by atoms with Crippen molar-refractivity contribution in [3.05, 3.63) is 0 Å². The number of rotatable bonds is 5.